The smallest absolute Gasteiger partial charge is 0.240 e. The number of benzene rings is 1. The average Bonchev–Trinajstić information content (AvgIpc) is 2.37. The molecule has 1 atom stereocenters. The van der Waals surface area contributed by atoms with Gasteiger partial charge in [-0.15, -0.1) is 0 Å². The van der Waals surface area contributed by atoms with Crippen molar-refractivity contribution in [3.63, 3.8) is 0 Å². The Morgan fingerprint density at radius 2 is 1.81 bits per heavy atom. The van der Waals surface area contributed by atoms with E-state index in [0.717, 1.165) is 0 Å². The maximum atomic E-state index is 12.0. The van der Waals surface area contributed by atoms with Crippen LogP contribution in [0.3, 0.4) is 0 Å². The van der Waals surface area contributed by atoms with E-state index in [1.54, 1.807) is 19.2 Å². The summed E-state index contributed by atoms with van der Waals surface area (Å²) in [7, 11) is 1.56. The number of aliphatic hydroxyl groups is 1. The SMILES string of the molecule is CN(CC(=O)NC(C)(C)C)C(=O)CC(O)c1ccccc1. The largest absolute Gasteiger partial charge is 0.388 e. The summed E-state index contributed by atoms with van der Waals surface area (Å²) in [6, 6.07) is 9.00. The van der Waals surface area contributed by atoms with Crippen LogP contribution >= 0.6 is 0 Å². The summed E-state index contributed by atoms with van der Waals surface area (Å²) < 4.78 is 0. The zero-order valence-corrected chi connectivity index (χ0v) is 13.1. The molecule has 0 radical (unpaired) electrons. The molecule has 0 spiro atoms. The molecular weight excluding hydrogens is 268 g/mol. The highest BCUT2D eigenvalue weighted by Gasteiger charge is 2.20. The summed E-state index contributed by atoms with van der Waals surface area (Å²) in [5, 5.41) is 12.8. The molecule has 1 unspecified atom stereocenters. The summed E-state index contributed by atoms with van der Waals surface area (Å²) >= 11 is 0. The van der Waals surface area contributed by atoms with Gasteiger partial charge in [0, 0.05) is 12.6 Å². The van der Waals surface area contributed by atoms with Crippen molar-refractivity contribution in [2.45, 2.75) is 38.8 Å². The Kier molecular flexibility index (Phi) is 5.90. The highest BCUT2D eigenvalue weighted by Crippen LogP contribution is 2.16. The molecule has 5 heteroatoms. The lowest BCUT2D eigenvalue weighted by atomic mass is 10.1. The van der Waals surface area contributed by atoms with Crippen molar-refractivity contribution in [1.29, 1.82) is 0 Å². The highest BCUT2D eigenvalue weighted by atomic mass is 16.3. The molecule has 0 saturated carbocycles. The van der Waals surface area contributed by atoms with Crippen LogP contribution in [0.15, 0.2) is 30.3 Å². The Morgan fingerprint density at radius 3 is 2.33 bits per heavy atom. The number of aliphatic hydroxyl groups excluding tert-OH is 1. The second kappa shape index (κ2) is 7.22. The molecule has 21 heavy (non-hydrogen) atoms. The summed E-state index contributed by atoms with van der Waals surface area (Å²) in [5.74, 6) is -0.483. The second-order valence-electron chi connectivity index (χ2n) is 6.18. The van der Waals surface area contributed by atoms with E-state index in [9.17, 15) is 14.7 Å². The van der Waals surface area contributed by atoms with Gasteiger partial charge in [-0.1, -0.05) is 30.3 Å². The zero-order valence-electron chi connectivity index (χ0n) is 13.1. The van der Waals surface area contributed by atoms with E-state index in [-0.39, 0.29) is 30.3 Å². The Labute approximate surface area is 126 Å². The average molecular weight is 292 g/mol. The van der Waals surface area contributed by atoms with Crippen molar-refractivity contribution < 1.29 is 14.7 Å². The molecule has 0 fully saturated rings. The van der Waals surface area contributed by atoms with Crippen LogP contribution in [0, 0.1) is 0 Å². The minimum atomic E-state index is -0.855. The molecule has 116 valence electrons. The molecule has 0 aliphatic carbocycles. The van der Waals surface area contributed by atoms with Gasteiger partial charge in [0.05, 0.1) is 19.1 Å². The molecule has 1 aromatic carbocycles. The van der Waals surface area contributed by atoms with Crippen molar-refractivity contribution >= 4 is 11.8 Å². The normalized spacial score (nSPS) is 12.6. The summed E-state index contributed by atoms with van der Waals surface area (Å²) in [6.45, 7) is 5.63. The van der Waals surface area contributed by atoms with Crippen LogP contribution in [0.4, 0.5) is 0 Å². The Balaban J connectivity index is 2.50. The predicted octanol–water partition coefficient (Wildman–Crippen LogP) is 1.48. The second-order valence-corrected chi connectivity index (χ2v) is 6.18. The van der Waals surface area contributed by atoms with Crippen LogP contribution in [0.1, 0.15) is 38.9 Å². The first kappa shape index (κ1) is 17.2. The van der Waals surface area contributed by atoms with Gasteiger partial charge in [0.25, 0.3) is 0 Å². The molecule has 0 saturated heterocycles. The van der Waals surface area contributed by atoms with Crippen LogP contribution in [0.5, 0.6) is 0 Å². The number of nitrogens with one attached hydrogen (secondary N) is 1. The Morgan fingerprint density at radius 1 is 1.24 bits per heavy atom. The van der Waals surface area contributed by atoms with Gasteiger partial charge in [-0.3, -0.25) is 9.59 Å². The highest BCUT2D eigenvalue weighted by molar-refractivity contribution is 5.85. The van der Waals surface area contributed by atoms with Crippen LogP contribution in [-0.4, -0.2) is 41.0 Å². The Bertz CT molecular complexity index is 480. The van der Waals surface area contributed by atoms with Gasteiger partial charge >= 0.3 is 0 Å². The van der Waals surface area contributed by atoms with Crippen molar-refractivity contribution in [3.8, 4) is 0 Å². The molecular formula is C16H24N2O3. The lowest BCUT2D eigenvalue weighted by Gasteiger charge is -2.24. The predicted molar refractivity (Wildman–Crippen MR) is 81.6 cm³/mol. The van der Waals surface area contributed by atoms with Gasteiger partial charge in [-0.25, -0.2) is 0 Å². The number of nitrogens with zero attached hydrogens (tertiary/aromatic N) is 1. The van der Waals surface area contributed by atoms with Gasteiger partial charge in [0.1, 0.15) is 0 Å². The number of carbonyl (C=O) groups excluding carboxylic acids is 2. The first-order valence-electron chi connectivity index (χ1n) is 6.97. The molecule has 0 aliphatic rings. The van der Waals surface area contributed by atoms with E-state index < -0.39 is 6.10 Å². The van der Waals surface area contributed by atoms with E-state index >= 15 is 0 Å². The van der Waals surface area contributed by atoms with E-state index in [1.165, 1.54) is 4.90 Å². The van der Waals surface area contributed by atoms with Gasteiger partial charge in [-0.05, 0) is 26.3 Å². The third kappa shape index (κ3) is 6.40. The van der Waals surface area contributed by atoms with E-state index in [0.29, 0.717) is 5.56 Å². The number of hydrogen-bond donors (Lipinski definition) is 2. The number of hydrogen-bond acceptors (Lipinski definition) is 3. The van der Waals surface area contributed by atoms with Gasteiger partial charge in [0.15, 0.2) is 0 Å². The molecule has 2 N–H and O–H groups in total. The van der Waals surface area contributed by atoms with E-state index in [2.05, 4.69) is 5.32 Å². The molecule has 0 aromatic heterocycles. The fourth-order valence-corrected chi connectivity index (χ4v) is 1.88. The van der Waals surface area contributed by atoms with Crippen LogP contribution < -0.4 is 5.32 Å². The molecule has 1 rings (SSSR count). The third-order valence-electron chi connectivity index (χ3n) is 2.87. The zero-order chi connectivity index (χ0) is 16.0. The van der Waals surface area contributed by atoms with Gasteiger partial charge < -0.3 is 15.3 Å². The fraction of sp³-hybridized carbons (Fsp3) is 0.500. The maximum Gasteiger partial charge on any atom is 0.240 e. The van der Waals surface area contributed by atoms with Crippen LogP contribution in [-0.2, 0) is 9.59 Å². The van der Waals surface area contributed by atoms with Crippen molar-refractivity contribution in [3.05, 3.63) is 35.9 Å². The van der Waals surface area contributed by atoms with Crippen LogP contribution in [0.2, 0.25) is 0 Å². The minimum Gasteiger partial charge on any atom is -0.388 e. The van der Waals surface area contributed by atoms with E-state index in [1.807, 2.05) is 39.0 Å². The Hall–Kier alpha value is -1.88. The van der Waals surface area contributed by atoms with E-state index in [4.69, 9.17) is 0 Å². The summed E-state index contributed by atoms with van der Waals surface area (Å²) in [4.78, 5) is 25.1. The first-order valence-corrected chi connectivity index (χ1v) is 6.97. The summed E-state index contributed by atoms with van der Waals surface area (Å²) in [6.07, 6.45) is -0.893. The van der Waals surface area contributed by atoms with Crippen LogP contribution in [0.25, 0.3) is 0 Å². The topological polar surface area (TPSA) is 69.6 Å². The molecule has 0 aliphatic heterocycles. The lowest BCUT2D eigenvalue weighted by Crippen LogP contribution is -2.46. The standard InChI is InChI=1S/C16H24N2O3/c1-16(2,3)17-14(20)11-18(4)15(21)10-13(19)12-8-6-5-7-9-12/h5-9,13,19H,10-11H2,1-4H3,(H,17,20). The minimum absolute atomic E-state index is 0.0163. The van der Waals surface area contributed by atoms with Gasteiger partial charge in [0.2, 0.25) is 11.8 Å². The fourth-order valence-electron chi connectivity index (χ4n) is 1.88. The van der Waals surface area contributed by atoms with Crippen molar-refractivity contribution in [1.82, 2.24) is 10.2 Å². The molecule has 5 nitrogen and oxygen atoms in total. The molecule has 2 amide bonds. The number of amides is 2. The summed E-state index contributed by atoms with van der Waals surface area (Å²) in [5.41, 5.74) is 0.364. The van der Waals surface area contributed by atoms with Crippen molar-refractivity contribution in [2.24, 2.45) is 0 Å². The molecule has 0 bridgehead atoms. The number of rotatable bonds is 5. The number of carbonyl (C=O) groups is 2. The molecule has 1 aromatic rings. The lowest BCUT2D eigenvalue weighted by molar-refractivity contribution is -0.136. The van der Waals surface area contributed by atoms with Crippen molar-refractivity contribution in [2.75, 3.05) is 13.6 Å². The third-order valence-corrected chi connectivity index (χ3v) is 2.87. The monoisotopic (exact) mass is 292 g/mol. The number of likely N-dealkylation sites (N-methyl/N-ethyl adjacent to an activating group) is 1. The van der Waals surface area contributed by atoms with Gasteiger partial charge in [-0.2, -0.15) is 0 Å². The molecule has 0 heterocycles. The quantitative estimate of drug-likeness (QED) is 0.863. The first-order chi connectivity index (χ1) is 9.69. The maximum absolute atomic E-state index is 12.0.